The van der Waals surface area contributed by atoms with Crippen LogP contribution in [-0.4, -0.2) is 46.4 Å². The molecule has 36 heavy (non-hydrogen) atoms. The van der Waals surface area contributed by atoms with Gasteiger partial charge in [-0.2, -0.15) is 18.2 Å². The molecule has 2 bridgehead atoms. The summed E-state index contributed by atoms with van der Waals surface area (Å²) in [7, 11) is 1.51. The molecule has 0 amide bonds. The summed E-state index contributed by atoms with van der Waals surface area (Å²) in [6.07, 6.45) is -2.51. The predicted octanol–water partition coefficient (Wildman–Crippen LogP) is 3.40. The molecular weight excluding hydrogens is 481 g/mol. The molecule has 0 aliphatic carbocycles. The maximum atomic E-state index is 12.9. The minimum atomic E-state index is -4.56. The zero-order chi connectivity index (χ0) is 25.1. The molecule has 1 spiro atoms. The van der Waals surface area contributed by atoms with Crippen molar-refractivity contribution in [1.82, 2.24) is 14.5 Å². The molecule has 9 nitrogen and oxygen atoms in total. The second-order valence-corrected chi connectivity index (χ2v) is 9.02. The Morgan fingerprint density at radius 2 is 2.00 bits per heavy atom. The average molecular weight is 502 g/mol. The van der Waals surface area contributed by atoms with Gasteiger partial charge in [0.1, 0.15) is 23.8 Å². The highest BCUT2D eigenvalue weighted by atomic mass is 19.4. The van der Waals surface area contributed by atoms with Crippen molar-refractivity contribution in [3.63, 3.8) is 0 Å². The van der Waals surface area contributed by atoms with Crippen LogP contribution in [0.2, 0.25) is 0 Å². The normalized spacial score (nSPS) is 21.9. The van der Waals surface area contributed by atoms with Crippen LogP contribution in [0.4, 0.5) is 19.0 Å². The van der Waals surface area contributed by atoms with E-state index in [2.05, 4.69) is 14.9 Å². The van der Waals surface area contributed by atoms with Crippen molar-refractivity contribution in [3.05, 3.63) is 64.3 Å². The number of hydrogen-bond donors (Lipinski definition) is 0. The van der Waals surface area contributed by atoms with Crippen LogP contribution in [0.1, 0.15) is 17.7 Å². The van der Waals surface area contributed by atoms with E-state index in [1.54, 1.807) is 28.8 Å². The number of methoxy groups -OCH3 is 1. The first-order chi connectivity index (χ1) is 17.3. The first-order valence-electron chi connectivity index (χ1n) is 11.3. The van der Waals surface area contributed by atoms with Gasteiger partial charge in [-0.3, -0.25) is 9.55 Å². The second-order valence-electron chi connectivity index (χ2n) is 9.02. The number of morpholine rings is 1. The van der Waals surface area contributed by atoms with E-state index in [-0.39, 0.29) is 29.9 Å². The lowest BCUT2D eigenvalue weighted by atomic mass is 10.0. The van der Waals surface area contributed by atoms with Crippen molar-refractivity contribution in [2.24, 2.45) is 0 Å². The Labute approximate surface area is 203 Å². The van der Waals surface area contributed by atoms with Crippen molar-refractivity contribution in [1.29, 1.82) is 0 Å². The number of benzene rings is 1. The number of halogens is 3. The number of nitrogens with zero attached hydrogens (tertiary/aromatic N) is 4. The summed E-state index contributed by atoms with van der Waals surface area (Å²) in [6, 6.07) is 8.82. The minimum Gasteiger partial charge on any atom is -0.489 e. The first kappa shape index (κ1) is 22.7. The summed E-state index contributed by atoms with van der Waals surface area (Å²) < 4.78 is 63.0. The molecule has 1 aromatic carbocycles. The number of aromatic nitrogens is 3. The summed E-state index contributed by atoms with van der Waals surface area (Å²) >= 11 is 0. The summed E-state index contributed by atoms with van der Waals surface area (Å²) in [5.74, 6) is 1.54. The molecule has 3 aliphatic heterocycles. The van der Waals surface area contributed by atoms with Crippen LogP contribution < -0.4 is 24.8 Å². The van der Waals surface area contributed by atoms with Gasteiger partial charge in [0.25, 0.3) is 5.88 Å². The Bertz CT molecular complexity index is 1380. The average Bonchev–Trinajstić information content (AvgIpc) is 3.52. The van der Waals surface area contributed by atoms with Crippen molar-refractivity contribution in [3.8, 4) is 23.1 Å². The highest BCUT2D eigenvalue weighted by molar-refractivity contribution is 5.64. The number of pyridine rings is 1. The topological polar surface area (TPSA) is 87.9 Å². The Hall–Kier alpha value is -3.80. The zero-order valence-corrected chi connectivity index (χ0v) is 19.1. The van der Waals surface area contributed by atoms with Crippen LogP contribution in [0.3, 0.4) is 0 Å². The van der Waals surface area contributed by atoms with Crippen LogP contribution in [-0.2, 0) is 24.1 Å². The minimum absolute atomic E-state index is 0.0210. The van der Waals surface area contributed by atoms with E-state index < -0.39 is 17.6 Å². The van der Waals surface area contributed by atoms with Crippen molar-refractivity contribution in [2.75, 3.05) is 25.2 Å². The Kier molecular flexibility index (Phi) is 5.11. The third-order valence-corrected chi connectivity index (χ3v) is 6.70. The third kappa shape index (κ3) is 3.72. The maximum Gasteiger partial charge on any atom is 0.433 e. The van der Waals surface area contributed by atoms with Crippen LogP contribution in [0, 0.1) is 0 Å². The van der Waals surface area contributed by atoms with E-state index >= 15 is 0 Å². The SMILES string of the molecule is COc1c(OCc2ccc(Oc3ccnc(C(F)(F)F)c3)cc2)nc(=O)n2c1N1C[C@@H]3C[C@]1(CO3)C2. The number of rotatable bonds is 6. The van der Waals surface area contributed by atoms with E-state index in [0.717, 1.165) is 24.2 Å². The van der Waals surface area contributed by atoms with Crippen molar-refractivity contribution >= 4 is 5.82 Å². The first-order valence-corrected chi connectivity index (χ1v) is 11.3. The van der Waals surface area contributed by atoms with Gasteiger partial charge in [0.2, 0.25) is 5.75 Å². The fraction of sp³-hybridized carbons (Fsp3) is 0.375. The molecule has 6 rings (SSSR count). The number of ether oxygens (including phenoxy) is 4. The molecule has 5 heterocycles. The Morgan fingerprint density at radius 1 is 1.19 bits per heavy atom. The van der Waals surface area contributed by atoms with Gasteiger partial charge in [0, 0.05) is 25.2 Å². The number of anilines is 1. The zero-order valence-electron chi connectivity index (χ0n) is 19.1. The molecule has 2 fully saturated rings. The Balaban J connectivity index is 1.18. The summed E-state index contributed by atoms with van der Waals surface area (Å²) in [4.78, 5) is 22.4. The fourth-order valence-electron chi connectivity index (χ4n) is 5.08. The summed E-state index contributed by atoms with van der Waals surface area (Å²) in [6.45, 7) is 1.84. The number of fused-ring (bicyclic) bond motifs is 3. The molecule has 0 N–H and O–H groups in total. The molecule has 2 atom stereocenters. The molecule has 0 saturated carbocycles. The molecule has 12 heteroatoms. The van der Waals surface area contributed by atoms with Gasteiger partial charge in [-0.15, -0.1) is 0 Å². The molecule has 3 aliphatic rings. The van der Waals surface area contributed by atoms with Gasteiger partial charge >= 0.3 is 11.9 Å². The van der Waals surface area contributed by atoms with Gasteiger partial charge in [0.15, 0.2) is 5.82 Å². The second kappa shape index (κ2) is 8.12. The largest absolute Gasteiger partial charge is 0.489 e. The molecule has 2 aromatic heterocycles. The van der Waals surface area contributed by atoms with E-state index in [1.807, 2.05) is 0 Å². The quantitative estimate of drug-likeness (QED) is 0.507. The fourth-order valence-corrected chi connectivity index (χ4v) is 5.08. The smallest absolute Gasteiger partial charge is 0.433 e. The van der Waals surface area contributed by atoms with Gasteiger partial charge < -0.3 is 23.8 Å². The molecule has 188 valence electrons. The molecule has 0 radical (unpaired) electrons. The van der Waals surface area contributed by atoms with Gasteiger partial charge in [-0.05, 0) is 23.8 Å². The summed E-state index contributed by atoms with van der Waals surface area (Å²) in [5.41, 5.74) is -0.942. The monoisotopic (exact) mass is 502 g/mol. The van der Waals surface area contributed by atoms with E-state index in [0.29, 0.717) is 37.0 Å². The maximum absolute atomic E-state index is 12.9. The molecule has 3 aromatic rings. The lowest BCUT2D eigenvalue weighted by molar-refractivity contribution is -0.141. The van der Waals surface area contributed by atoms with Gasteiger partial charge in [-0.1, -0.05) is 12.1 Å². The third-order valence-electron chi connectivity index (χ3n) is 6.70. The molecule has 2 saturated heterocycles. The number of alkyl halides is 3. The van der Waals surface area contributed by atoms with Crippen LogP contribution in [0.5, 0.6) is 23.1 Å². The van der Waals surface area contributed by atoms with E-state index in [9.17, 15) is 18.0 Å². The molecule has 0 unspecified atom stereocenters. The van der Waals surface area contributed by atoms with Crippen molar-refractivity contribution < 1.29 is 32.1 Å². The predicted molar refractivity (Wildman–Crippen MR) is 120 cm³/mol. The molecular formula is C24H21F3N4O5. The lowest BCUT2D eigenvalue weighted by Crippen LogP contribution is -2.46. The van der Waals surface area contributed by atoms with Crippen molar-refractivity contribution in [2.45, 2.75) is 37.4 Å². The highest BCUT2D eigenvalue weighted by Crippen LogP contribution is 2.50. The highest BCUT2D eigenvalue weighted by Gasteiger charge is 2.58. The summed E-state index contributed by atoms with van der Waals surface area (Å²) in [5, 5.41) is 0. The van der Waals surface area contributed by atoms with Crippen LogP contribution >= 0.6 is 0 Å². The van der Waals surface area contributed by atoms with Gasteiger partial charge in [-0.25, -0.2) is 4.79 Å². The van der Waals surface area contributed by atoms with E-state index in [4.69, 9.17) is 18.9 Å². The Morgan fingerprint density at radius 3 is 2.72 bits per heavy atom. The van der Waals surface area contributed by atoms with Gasteiger partial charge in [0.05, 0.1) is 31.9 Å². The van der Waals surface area contributed by atoms with Crippen LogP contribution in [0.15, 0.2) is 47.4 Å². The van der Waals surface area contributed by atoms with E-state index in [1.165, 1.54) is 13.2 Å². The standard InChI is InChI=1S/C24H21F3N4O5/c1-33-19-20(29-22(32)30-12-23-9-17(35-13-23)10-31(23)21(19)30)34-11-14-2-4-15(5-3-14)36-16-6-7-28-18(8-16)24(25,26)27/h2-8,17H,9-13H2,1H3/t17-,23+/m0/s1. The van der Waals surface area contributed by atoms with Crippen LogP contribution in [0.25, 0.3) is 0 Å². The lowest BCUT2D eigenvalue weighted by Gasteiger charge is -2.32. The number of hydrogen-bond acceptors (Lipinski definition) is 8.